The van der Waals surface area contributed by atoms with Crippen molar-refractivity contribution in [1.82, 2.24) is 10.6 Å². The molecule has 0 amide bonds. The Labute approximate surface area is 94.7 Å². The molecule has 0 aliphatic carbocycles. The molecule has 0 radical (unpaired) electrons. The molecular formula is C9H22N2O5. The first-order valence-electron chi connectivity index (χ1n) is 5.26. The smallest absolute Gasteiger partial charge is 0.0789 e. The van der Waals surface area contributed by atoms with E-state index in [1.807, 2.05) is 0 Å². The lowest BCUT2D eigenvalue weighted by Crippen LogP contribution is -2.46. The van der Waals surface area contributed by atoms with Gasteiger partial charge in [-0.2, -0.15) is 0 Å². The third-order valence-corrected chi connectivity index (χ3v) is 2.17. The molecule has 0 aliphatic rings. The van der Waals surface area contributed by atoms with Gasteiger partial charge < -0.3 is 36.2 Å². The Morgan fingerprint density at radius 2 is 1.00 bits per heavy atom. The summed E-state index contributed by atoms with van der Waals surface area (Å²) in [6.45, 7) is -0.386. The number of rotatable bonds is 10. The molecule has 7 heteroatoms. The fourth-order valence-corrected chi connectivity index (χ4v) is 1.05. The van der Waals surface area contributed by atoms with E-state index in [1.54, 1.807) is 0 Å². The number of nitrogens with one attached hydrogen (secondary N) is 2. The van der Waals surface area contributed by atoms with Crippen LogP contribution in [0.5, 0.6) is 0 Å². The second-order valence-corrected chi connectivity index (χ2v) is 3.59. The van der Waals surface area contributed by atoms with Crippen molar-refractivity contribution < 1.29 is 25.5 Å². The average molecular weight is 238 g/mol. The van der Waals surface area contributed by atoms with Crippen molar-refractivity contribution in [2.75, 3.05) is 39.5 Å². The predicted molar refractivity (Wildman–Crippen MR) is 57.9 cm³/mol. The fourth-order valence-electron chi connectivity index (χ4n) is 1.05. The van der Waals surface area contributed by atoms with Crippen molar-refractivity contribution in [3.63, 3.8) is 0 Å². The molecule has 16 heavy (non-hydrogen) atoms. The maximum Gasteiger partial charge on any atom is 0.0789 e. The highest BCUT2D eigenvalue weighted by molar-refractivity contribution is 4.71. The van der Waals surface area contributed by atoms with Crippen molar-refractivity contribution in [2.24, 2.45) is 0 Å². The largest absolute Gasteiger partial charge is 0.395 e. The summed E-state index contributed by atoms with van der Waals surface area (Å²) >= 11 is 0. The minimum absolute atomic E-state index is 0.202. The van der Waals surface area contributed by atoms with Gasteiger partial charge in [0.25, 0.3) is 0 Å². The Hall–Kier alpha value is -0.280. The Bertz CT molecular complexity index is 137. The van der Waals surface area contributed by atoms with Crippen LogP contribution in [-0.2, 0) is 0 Å². The van der Waals surface area contributed by atoms with Crippen LogP contribution in [0.3, 0.4) is 0 Å². The van der Waals surface area contributed by atoms with Crippen molar-refractivity contribution in [1.29, 1.82) is 0 Å². The zero-order valence-electron chi connectivity index (χ0n) is 9.21. The molecule has 0 aromatic heterocycles. The fraction of sp³-hybridized carbons (Fsp3) is 1.00. The predicted octanol–water partition coefficient (Wildman–Crippen LogP) is -3.77. The van der Waals surface area contributed by atoms with E-state index in [9.17, 15) is 5.11 Å². The van der Waals surface area contributed by atoms with Crippen LogP contribution in [0.1, 0.15) is 0 Å². The molecule has 0 saturated heterocycles. The lowest BCUT2D eigenvalue weighted by atomic mass is 10.2. The topological polar surface area (TPSA) is 125 Å². The number of aliphatic hydroxyl groups excluding tert-OH is 5. The molecule has 0 aliphatic heterocycles. The molecule has 0 saturated carbocycles. The molecule has 98 valence electrons. The van der Waals surface area contributed by atoms with E-state index in [4.69, 9.17) is 20.4 Å². The standard InChI is InChI=1S/C9H22N2O5/c12-3-7(4-13)10-1-9(16)2-11-8(5-14)6-15/h7-16H,1-6H2. The first-order chi connectivity index (χ1) is 7.67. The normalized spacial score (nSPS) is 12.0. The molecule has 0 spiro atoms. The molecule has 0 heterocycles. The average Bonchev–Trinajstić information content (AvgIpc) is 2.31. The quantitative estimate of drug-likeness (QED) is 0.208. The molecule has 7 nitrogen and oxygen atoms in total. The van der Waals surface area contributed by atoms with Crippen LogP contribution in [0, 0.1) is 0 Å². The van der Waals surface area contributed by atoms with E-state index in [0.717, 1.165) is 0 Å². The summed E-state index contributed by atoms with van der Waals surface area (Å²) in [6.07, 6.45) is -0.721. The Morgan fingerprint density at radius 1 is 0.688 bits per heavy atom. The van der Waals surface area contributed by atoms with Gasteiger partial charge in [0.15, 0.2) is 0 Å². The van der Waals surface area contributed by atoms with Crippen LogP contribution in [0.15, 0.2) is 0 Å². The van der Waals surface area contributed by atoms with Crippen molar-refractivity contribution in [2.45, 2.75) is 18.2 Å². The van der Waals surface area contributed by atoms with E-state index < -0.39 is 18.2 Å². The number of hydrogen-bond donors (Lipinski definition) is 7. The Balaban J connectivity index is 3.61. The lowest BCUT2D eigenvalue weighted by Gasteiger charge is -2.19. The van der Waals surface area contributed by atoms with Gasteiger partial charge in [0, 0.05) is 13.1 Å². The van der Waals surface area contributed by atoms with Crippen molar-refractivity contribution in [3.05, 3.63) is 0 Å². The molecule has 0 atom stereocenters. The second-order valence-electron chi connectivity index (χ2n) is 3.59. The van der Waals surface area contributed by atoms with E-state index in [0.29, 0.717) is 0 Å². The minimum Gasteiger partial charge on any atom is -0.395 e. The van der Waals surface area contributed by atoms with Gasteiger partial charge in [0.1, 0.15) is 0 Å². The third kappa shape index (κ3) is 7.07. The van der Waals surface area contributed by atoms with Crippen molar-refractivity contribution >= 4 is 0 Å². The maximum absolute atomic E-state index is 9.48. The molecule has 0 rings (SSSR count). The SMILES string of the molecule is OCC(CO)NCC(O)CNC(CO)CO. The Morgan fingerprint density at radius 3 is 1.25 bits per heavy atom. The number of aliphatic hydroxyl groups is 5. The summed E-state index contributed by atoms with van der Waals surface area (Å²) in [5, 5.41) is 50.0. The van der Waals surface area contributed by atoms with Crippen LogP contribution in [0.2, 0.25) is 0 Å². The zero-order chi connectivity index (χ0) is 12.4. The highest BCUT2D eigenvalue weighted by Gasteiger charge is 2.11. The highest BCUT2D eigenvalue weighted by Crippen LogP contribution is 1.85. The summed E-state index contributed by atoms with van der Waals surface area (Å²) in [6, 6.07) is -0.887. The van der Waals surface area contributed by atoms with Crippen molar-refractivity contribution in [3.8, 4) is 0 Å². The second kappa shape index (κ2) is 9.91. The number of hydrogen-bond acceptors (Lipinski definition) is 7. The Kier molecular flexibility index (Phi) is 9.74. The molecule has 0 unspecified atom stereocenters. The van der Waals surface area contributed by atoms with Crippen LogP contribution >= 0.6 is 0 Å². The molecule has 0 bridgehead atoms. The molecular weight excluding hydrogens is 216 g/mol. The molecule has 0 aromatic carbocycles. The zero-order valence-corrected chi connectivity index (χ0v) is 9.21. The van der Waals surface area contributed by atoms with Gasteiger partial charge in [0.05, 0.1) is 44.6 Å². The first kappa shape index (κ1) is 15.7. The van der Waals surface area contributed by atoms with E-state index in [2.05, 4.69) is 10.6 Å². The van der Waals surface area contributed by atoms with Crippen LogP contribution in [0.25, 0.3) is 0 Å². The van der Waals surface area contributed by atoms with Gasteiger partial charge in [-0.15, -0.1) is 0 Å². The van der Waals surface area contributed by atoms with Gasteiger partial charge in [-0.05, 0) is 0 Å². The van der Waals surface area contributed by atoms with Gasteiger partial charge in [-0.1, -0.05) is 0 Å². The van der Waals surface area contributed by atoms with E-state index in [-0.39, 0.29) is 39.5 Å². The maximum atomic E-state index is 9.48. The van der Waals surface area contributed by atoms with Crippen LogP contribution in [0.4, 0.5) is 0 Å². The first-order valence-corrected chi connectivity index (χ1v) is 5.26. The molecule has 0 aromatic rings. The summed E-state index contributed by atoms with van der Waals surface area (Å²) in [5.41, 5.74) is 0. The van der Waals surface area contributed by atoms with Crippen LogP contribution in [-0.4, -0.2) is 83.2 Å². The summed E-state index contributed by atoms with van der Waals surface area (Å²) in [5.74, 6) is 0. The minimum atomic E-state index is -0.721. The highest BCUT2D eigenvalue weighted by atomic mass is 16.3. The van der Waals surface area contributed by atoms with Gasteiger partial charge >= 0.3 is 0 Å². The molecule has 7 N–H and O–H groups in total. The van der Waals surface area contributed by atoms with Gasteiger partial charge in [-0.25, -0.2) is 0 Å². The van der Waals surface area contributed by atoms with Gasteiger partial charge in [0.2, 0.25) is 0 Å². The van der Waals surface area contributed by atoms with E-state index >= 15 is 0 Å². The third-order valence-electron chi connectivity index (χ3n) is 2.17. The molecule has 0 fully saturated rings. The monoisotopic (exact) mass is 238 g/mol. The summed E-state index contributed by atoms with van der Waals surface area (Å²) in [4.78, 5) is 0. The summed E-state index contributed by atoms with van der Waals surface area (Å²) < 4.78 is 0. The summed E-state index contributed by atoms with van der Waals surface area (Å²) in [7, 11) is 0. The van der Waals surface area contributed by atoms with Gasteiger partial charge in [-0.3, -0.25) is 0 Å². The van der Waals surface area contributed by atoms with Crippen LogP contribution < -0.4 is 10.6 Å². The lowest BCUT2D eigenvalue weighted by molar-refractivity contribution is 0.118. The van der Waals surface area contributed by atoms with E-state index in [1.165, 1.54) is 0 Å².